The van der Waals surface area contributed by atoms with Gasteiger partial charge in [-0.05, 0) is 143 Å². The number of carbonyl (C=O) groups is 1. The molecule has 0 fully saturated rings. The van der Waals surface area contributed by atoms with Crippen molar-refractivity contribution in [3.8, 4) is 34.5 Å². The van der Waals surface area contributed by atoms with E-state index < -0.39 is 28.4 Å². The van der Waals surface area contributed by atoms with E-state index in [4.69, 9.17) is 28.4 Å². The zero-order valence-electron chi connectivity index (χ0n) is 34.6. The Morgan fingerprint density at radius 3 is 1.29 bits per heavy atom. The molecule has 0 radical (unpaired) electrons. The number of carbonyl (C=O) groups excluding carboxylic acids is 1. The van der Waals surface area contributed by atoms with Crippen LogP contribution < -0.4 is 44.6 Å². The summed E-state index contributed by atoms with van der Waals surface area (Å²) in [4.78, 5) is 31.4. The first-order valence-electron chi connectivity index (χ1n) is 18.4. The molecule has 12 nitrogen and oxygen atoms in total. The first-order chi connectivity index (χ1) is 25.3. The van der Waals surface area contributed by atoms with Crippen LogP contribution in [-0.4, -0.2) is 38.4 Å². The molecule has 0 aliphatic heterocycles. The van der Waals surface area contributed by atoms with E-state index in [1.807, 2.05) is 132 Å². The molecule has 1 aromatic heterocycles. The van der Waals surface area contributed by atoms with Crippen LogP contribution in [0.1, 0.15) is 105 Å². The van der Waals surface area contributed by atoms with E-state index in [0.717, 1.165) is 11.1 Å². The highest BCUT2D eigenvalue weighted by Crippen LogP contribution is 2.32. The molecule has 0 aliphatic rings. The molecule has 0 unspecified atom stereocenters. The maximum absolute atomic E-state index is 12.8. The highest BCUT2D eigenvalue weighted by molar-refractivity contribution is 5.87. The maximum atomic E-state index is 12.8. The fraction of sp³-hybridized carbons (Fsp3) is 0.465. The zero-order chi connectivity index (χ0) is 40.8. The van der Waals surface area contributed by atoms with Gasteiger partial charge in [-0.1, -0.05) is 0 Å². The van der Waals surface area contributed by atoms with Crippen molar-refractivity contribution in [3.63, 3.8) is 0 Å². The molecule has 55 heavy (non-hydrogen) atoms. The molecule has 0 bridgehead atoms. The lowest BCUT2D eigenvalue weighted by atomic mass is 10.1. The first kappa shape index (κ1) is 42.4. The molecule has 0 atom stereocenters. The number of nitrogens with one attached hydrogen (secondary N) is 3. The number of hydrogen-bond donors (Lipinski definition) is 3. The van der Waals surface area contributed by atoms with Gasteiger partial charge in [0.25, 0.3) is 5.56 Å². The van der Waals surface area contributed by atoms with Crippen molar-refractivity contribution in [1.29, 1.82) is 0 Å². The Labute approximate surface area is 325 Å². The van der Waals surface area contributed by atoms with Crippen LogP contribution in [-0.2, 0) is 19.8 Å². The minimum atomic E-state index is -0.549. The van der Waals surface area contributed by atoms with Crippen LogP contribution in [0.3, 0.4) is 0 Å². The Bertz CT molecular complexity index is 1830. The van der Waals surface area contributed by atoms with Crippen LogP contribution in [0.5, 0.6) is 34.5 Å². The summed E-state index contributed by atoms with van der Waals surface area (Å²) < 4.78 is 37.5. The standard InChI is InChI=1S/C43H58N4O8/c1-27-14-37(48)46-38(45-27)47-39(49)44-24-28-15-31(50-25-29-17-33(52-40(2,3)4)22-34(18-29)53-41(5,6)7)21-32(16-28)51-26-30-19-35(54-42(8,9)10)23-36(20-30)55-43(11,12)13/h14-23H,24-26H2,1-13H3,(H3,44,45,46,47,48,49). The minimum Gasteiger partial charge on any atom is -0.489 e. The van der Waals surface area contributed by atoms with Crippen molar-refractivity contribution in [2.75, 3.05) is 5.32 Å². The number of amides is 2. The number of ether oxygens (including phenoxy) is 6. The van der Waals surface area contributed by atoms with Crippen molar-refractivity contribution in [2.24, 2.45) is 0 Å². The van der Waals surface area contributed by atoms with Gasteiger partial charge in [-0.3, -0.25) is 15.1 Å². The van der Waals surface area contributed by atoms with Gasteiger partial charge in [-0.15, -0.1) is 0 Å². The fourth-order valence-corrected chi connectivity index (χ4v) is 5.28. The smallest absolute Gasteiger partial charge is 0.321 e. The monoisotopic (exact) mass is 758 g/mol. The SMILES string of the molecule is Cc1cc(=O)[nH]c(NC(=O)NCc2cc(OCc3cc(OC(C)(C)C)cc(OC(C)(C)C)c3)cc(OCc3cc(OC(C)(C)C)cc(OC(C)(C)C)c3)c2)n1. The van der Waals surface area contributed by atoms with Gasteiger partial charge in [0.05, 0.1) is 0 Å². The highest BCUT2D eigenvalue weighted by Gasteiger charge is 2.19. The molecular formula is C43H58N4O8. The van der Waals surface area contributed by atoms with E-state index in [2.05, 4.69) is 20.6 Å². The first-order valence-corrected chi connectivity index (χ1v) is 18.4. The largest absolute Gasteiger partial charge is 0.489 e. The third-order valence-electron chi connectivity index (χ3n) is 6.88. The average molecular weight is 759 g/mol. The van der Waals surface area contributed by atoms with Gasteiger partial charge in [0.2, 0.25) is 5.95 Å². The number of aromatic amines is 1. The normalized spacial score (nSPS) is 12.1. The summed E-state index contributed by atoms with van der Waals surface area (Å²) in [5.41, 5.74) is 0.836. The summed E-state index contributed by atoms with van der Waals surface area (Å²) in [6, 6.07) is 17.7. The molecule has 3 aromatic carbocycles. The molecule has 0 aliphatic carbocycles. The van der Waals surface area contributed by atoms with Crippen molar-refractivity contribution < 1.29 is 33.2 Å². The number of urea groups is 1. The summed E-state index contributed by atoms with van der Waals surface area (Å²) in [5.74, 6) is 3.73. The average Bonchev–Trinajstić information content (AvgIpc) is 2.98. The summed E-state index contributed by atoms with van der Waals surface area (Å²) >= 11 is 0. The molecular weight excluding hydrogens is 700 g/mol. The number of benzene rings is 3. The Kier molecular flexibility index (Phi) is 13.1. The lowest BCUT2D eigenvalue weighted by Crippen LogP contribution is -2.30. The quantitative estimate of drug-likeness (QED) is 0.122. The lowest BCUT2D eigenvalue weighted by Gasteiger charge is -2.25. The van der Waals surface area contributed by atoms with Crippen LogP contribution in [0, 0.1) is 6.92 Å². The molecule has 298 valence electrons. The second-order valence-corrected chi connectivity index (χ2v) is 17.4. The summed E-state index contributed by atoms with van der Waals surface area (Å²) in [5, 5.41) is 5.39. The van der Waals surface area contributed by atoms with Crippen molar-refractivity contribution in [3.05, 3.63) is 93.4 Å². The summed E-state index contributed by atoms with van der Waals surface area (Å²) in [7, 11) is 0. The molecule has 2 amide bonds. The number of aromatic nitrogens is 2. The third kappa shape index (κ3) is 15.9. The van der Waals surface area contributed by atoms with Gasteiger partial charge < -0.3 is 33.7 Å². The predicted molar refractivity (Wildman–Crippen MR) is 215 cm³/mol. The van der Waals surface area contributed by atoms with Crippen LogP contribution in [0.15, 0.2) is 65.5 Å². The summed E-state index contributed by atoms with van der Waals surface area (Å²) in [6.45, 7) is 26.1. The van der Waals surface area contributed by atoms with Crippen molar-refractivity contribution in [1.82, 2.24) is 15.3 Å². The number of anilines is 1. The van der Waals surface area contributed by atoms with E-state index in [1.54, 1.807) is 13.0 Å². The molecule has 0 spiro atoms. The Balaban J connectivity index is 1.62. The molecule has 12 heteroatoms. The van der Waals surface area contributed by atoms with E-state index in [1.165, 1.54) is 6.07 Å². The van der Waals surface area contributed by atoms with Gasteiger partial charge in [-0.25, -0.2) is 9.78 Å². The van der Waals surface area contributed by atoms with Gasteiger partial charge in [0, 0.05) is 36.5 Å². The van der Waals surface area contributed by atoms with Gasteiger partial charge in [0.1, 0.15) is 70.1 Å². The van der Waals surface area contributed by atoms with Crippen LogP contribution in [0.2, 0.25) is 0 Å². The fourth-order valence-electron chi connectivity index (χ4n) is 5.28. The lowest BCUT2D eigenvalue weighted by molar-refractivity contribution is 0.119. The van der Waals surface area contributed by atoms with Crippen molar-refractivity contribution >= 4 is 12.0 Å². The molecule has 0 saturated carbocycles. The topological polar surface area (TPSA) is 142 Å². The second kappa shape index (κ2) is 17.0. The van der Waals surface area contributed by atoms with Crippen LogP contribution in [0.4, 0.5) is 10.7 Å². The summed E-state index contributed by atoms with van der Waals surface area (Å²) in [6.07, 6.45) is 0. The van der Waals surface area contributed by atoms with Crippen molar-refractivity contribution in [2.45, 2.75) is 132 Å². The minimum absolute atomic E-state index is 0.0450. The molecule has 4 rings (SSSR count). The van der Waals surface area contributed by atoms with Gasteiger partial charge in [-0.2, -0.15) is 0 Å². The van der Waals surface area contributed by atoms with E-state index in [-0.39, 0.29) is 31.3 Å². The Morgan fingerprint density at radius 1 is 0.564 bits per heavy atom. The van der Waals surface area contributed by atoms with Crippen LogP contribution >= 0.6 is 0 Å². The number of H-pyrrole nitrogens is 1. The number of aryl methyl sites for hydroxylation is 1. The van der Waals surface area contributed by atoms with Gasteiger partial charge in [0.15, 0.2) is 0 Å². The zero-order valence-corrected chi connectivity index (χ0v) is 34.6. The molecule has 4 aromatic rings. The third-order valence-corrected chi connectivity index (χ3v) is 6.88. The molecule has 0 saturated heterocycles. The second-order valence-electron chi connectivity index (χ2n) is 17.4. The number of rotatable bonds is 13. The Morgan fingerprint density at radius 2 is 0.927 bits per heavy atom. The van der Waals surface area contributed by atoms with E-state index in [0.29, 0.717) is 45.8 Å². The predicted octanol–water partition coefficient (Wildman–Crippen LogP) is 9.27. The maximum Gasteiger partial charge on any atom is 0.321 e. The van der Waals surface area contributed by atoms with E-state index in [9.17, 15) is 9.59 Å². The number of hydrogen-bond acceptors (Lipinski definition) is 9. The number of nitrogens with zero attached hydrogens (tertiary/aromatic N) is 1. The van der Waals surface area contributed by atoms with E-state index >= 15 is 0 Å². The Hall–Kier alpha value is -5.39. The van der Waals surface area contributed by atoms with Gasteiger partial charge >= 0.3 is 6.03 Å². The molecule has 1 heterocycles. The van der Waals surface area contributed by atoms with Crippen LogP contribution in [0.25, 0.3) is 0 Å². The molecule has 3 N–H and O–H groups in total. The highest BCUT2D eigenvalue weighted by atomic mass is 16.5.